The van der Waals surface area contributed by atoms with Crippen molar-refractivity contribution in [2.45, 2.75) is 0 Å². The zero-order valence-electron chi connectivity index (χ0n) is 8.67. The second kappa shape index (κ2) is 4.44. The lowest BCUT2D eigenvalue weighted by molar-refractivity contribution is 1.23. The number of nitrogens with zero attached hydrogens (tertiary/aromatic N) is 2. The first-order valence-corrected chi connectivity index (χ1v) is 4.87. The Hall–Kier alpha value is -2.36. The lowest BCUT2D eigenvalue weighted by atomic mass is 10.3. The van der Waals surface area contributed by atoms with Crippen molar-refractivity contribution >= 4 is 22.7 Å². The fourth-order valence-electron chi connectivity index (χ4n) is 1.24. The summed E-state index contributed by atoms with van der Waals surface area (Å²) in [5.74, 6) is 0. The van der Waals surface area contributed by atoms with Gasteiger partial charge in [-0.15, -0.1) is 0 Å². The predicted octanol–water partition coefficient (Wildman–Crippen LogP) is 3.27. The van der Waals surface area contributed by atoms with Crippen molar-refractivity contribution in [2.24, 2.45) is 10.2 Å². The van der Waals surface area contributed by atoms with Gasteiger partial charge in [-0.2, -0.15) is 10.2 Å². The van der Waals surface area contributed by atoms with E-state index >= 15 is 0 Å². The average molecular weight is 212 g/mol. The molecule has 80 valence electrons. The minimum absolute atomic E-state index is 0.675. The highest BCUT2D eigenvalue weighted by Crippen LogP contribution is 2.20. The Balaban J connectivity index is 2.18. The van der Waals surface area contributed by atoms with E-state index < -0.39 is 0 Å². The Morgan fingerprint density at radius 1 is 0.688 bits per heavy atom. The first-order chi connectivity index (χ1) is 7.74. The highest BCUT2D eigenvalue weighted by atomic mass is 15.1. The van der Waals surface area contributed by atoms with Gasteiger partial charge in [0.25, 0.3) is 0 Å². The number of rotatable bonds is 2. The van der Waals surface area contributed by atoms with Crippen molar-refractivity contribution in [1.82, 2.24) is 0 Å². The topological polar surface area (TPSA) is 76.8 Å². The molecule has 4 N–H and O–H groups in total. The van der Waals surface area contributed by atoms with Gasteiger partial charge in [-0.25, -0.2) is 0 Å². The van der Waals surface area contributed by atoms with Gasteiger partial charge < -0.3 is 11.5 Å². The Kier molecular flexibility index (Phi) is 2.82. The molecule has 0 amide bonds. The molecule has 2 rings (SSSR count). The normalized spacial score (nSPS) is 10.8. The Morgan fingerprint density at radius 3 is 2.06 bits per heavy atom. The lowest BCUT2D eigenvalue weighted by Crippen LogP contribution is -1.81. The highest BCUT2D eigenvalue weighted by Gasteiger charge is 1.91. The quantitative estimate of drug-likeness (QED) is 0.592. The van der Waals surface area contributed by atoms with Gasteiger partial charge in [-0.3, -0.25) is 0 Å². The maximum Gasteiger partial charge on any atom is 0.0877 e. The number of nitrogen functional groups attached to an aromatic ring is 2. The summed E-state index contributed by atoms with van der Waals surface area (Å²) in [7, 11) is 0. The van der Waals surface area contributed by atoms with Crippen molar-refractivity contribution < 1.29 is 0 Å². The molecule has 0 aromatic heterocycles. The van der Waals surface area contributed by atoms with Gasteiger partial charge in [0, 0.05) is 11.4 Å². The Bertz CT molecular complexity index is 503. The summed E-state index contributed by atoms with van der Waals surface area (Å²) in [5.41, 5.74) is 14.1. The first kappa shape index (κ1) is 10.2. The molecule has 0 aliphatic rings. The summed E-state index contributed by atoms with van der Waals surface area (Å²) in [6.07, 6.45) is 0. The summed E-state index contributed by atoms with van der Waals surface area (Å²) < 4.78 is 0. The molecule has 0 aliphatic heterocycles. The third kappa shape index (κ3) is 2.57. The first-order valence-electron chi connectivity index (χ1n) is 4.87. The van der Waals surface area contributed by atoms with Crippen LogP contribution in [0.4, 0.5) is 22.7 Å². The SMILES string of the molecule is Nc1ccc(/N=N/c2cccc(N)c2)cc1. The maximum absolute atomic E-state index is 5.63. The molecule has 2 aromatic carbocycles. The van der Waals surface area contributed by atoms with Gasteiger partial charge in [0.1, 0.15) is 0 Å². The van der Waals surface area contributed by atoms with E-state index in [0.717, 1.165) is 11.4 Å². The average Bonchev–Trinajstić information content (AvgIpc) is 2.28. The number of hydrogen-bond acceptors (Lipinski definition) is 4. The van der Waals surface area contributed by atoms with Crippen LogP contribution in [0.1, 0.15) is 0 Å². The zero-order chi connectivity index (χ0) is 11.4. The highest BCUT2D eigenvalue weighted by molar-refractivity contribution is 5.51. The number of benzene rings is 2. The van der Waals surface area contributed by atoms with Gasteiger partial charge in [0.05, 0.1) is 11.4 Å². The van der Waals surface area contributed by atoms with Crippen LogP contribution < -0.4 is 11.5 Å². The second-order valence-electron chi connectivity index (χ2n) is 3.39. The number of nitrogens with two attached hydrogens (primary N) is 2. The minimum atomic E-state index is 0.675. The molecule has 0 spiro atoms. The fraction of sp³-hybridized carbons (Fsp3) is 0. The van der Waals surface area contributed by atoms with E-state index in [9.17, 15) is 0 Å². The van der Waals surface area contributed by atoms with Crippen LogP contribution in [0.3, 0.4) is 0 Å². The summed E-state index contributed by atoms with van der Waals surface area (Å²) in [6.45, 7) is 0. The van der Waals surface area contributed by atoms with Crippen LogP contribution in [0.2, 0.25) is 0 Å². The van der Waals surface area contributed by atoms with Gasteiger partial charge in [0.2, 0.25) is 0 Å². The number of hydrogen-bond donors (Lipinski definition) is 2. The van der Waals surface area contributed by atoms with E-state index in [0.29, 0.717) is 11.4 Å². The molecule has 0 aliphatic carbocycles. The summed E-state index contributed by atoms with van der Waals surface area (Å²) in [5, 5.41) is 8.14. The van der Waals surface area contributed by atoms with Crippen molar-refractivity contribution in [3.63, 3.8) is 0 Å². The molecule has 0 unspecified atom stereocenters. The molecule has 0 fully saturated rings. The maximum atomic E-state index is 5.63. The molecule has 0 heterocycles. The Labute approximate surface area is 93.6 Å². The minimum Gasteiger partial charge on any atom is -0.399 e. The monoisotopic (exact) mass is 212 g/mol. The predicted molar refractivity (Wildman–Crippen MR) is 65.9 cm³/mol. The molecule has 0 radical (unpaired) electrons. The standard InChI is InChI=1S/C12H12N4/c13-9-4-6-11(7-5-9)15-16-12-3-1-2-10(14)8-12/h1-8H,13-14H2/b16-15+. The van der Waals surface area contributed by atoms with Gasteiger partial charge >= 0.3 is 0 Å². The molecule has 0 saturated carbocycles. The molecule has 0 atom stereocenters. The van der Waals surface area contributed by atoms with Crippen LogP contribution in [0, 0.1) is 0 Å². The van der Waals surface area contributed by atoms with Crippen LogP contribution in [0.15, 0.2) is 58.8 Å². The third-order valence-corrected chi connectivity index (χ3v) is 2.04. The largest absolute Gasteiger partial charge is 0.399 e. The lowest BCUT2D eigenvalue weighted by Gasteiger charge is -1.95. The Morgan fingerprint density at radius 2 is 1.38 bits per heavy atom. The van der Waals surface area contributed by atoms with Crippen LogP contribution in [-0.4, -0.2) is 0 Å². The van der Waals surface area contributed by atoms with E-state index in [4.69, 9.17) is 11.5 Å². The van der Waals surface area contributed by atoms with E-state index in [1.807, 2.05) is 30.3 Å². The van der Waals surface area contributed by atoms with Crippen LogP contribution in [-0.2, 0) is 0 Å². The van der Waals surface area contributed by atoms with Crippen molar-refractivity contribution in [1.29, 1.82) is 0 Å². The van der Waals surface area contributed by atoms with E-state index in [2.05, 4.69) is 10.2 Å². The van der Waals surface area contributed by atoms with E-state index in [-0.39, 0.29) is 0 Å². The molecule has 4 nitrogen and oxygen atoms in total. The fourth-order valence-corrected chi connectivity index (χ4v) is 1.24. The summed E-state index contributed by atoms with van der Waals surface area (Å²) in [4.78, 5) is 0. The van der Waals surface area contributed by atoms with Gasteiger partial charge in [-0.05, 0) is 42.5 Å². The molecular weight excluding hydrogens is 200 g/mol. The second-order valence-corrected chi connectivity index (χ2v) is 3.39. The van der Waals surface area contributed by atoms with E-state index in [1.54, 1.807) is 18.2 Å². The summed E-state index contributed by atoms with van der Waals surface area (Å²) in [6, 6.07) is 14.4. The zero-order valence-corrected chi connectivity index (χ0v) is 8.67. The molecule has 2 aromatic rings. The molecule has 4 heteroatoms. The molecular formula is C12H12N4. The molecule has 16 heavy (non-hydrogen) atoms. The summed E-state index contributed by atoms with van der Waals surface area (Å²) >= 11 is 0. The molecule has 0 saturated heterocycles. The van der Waals surface area contributed by atoms with Crippen molar-refractivity contribution in [3.8, 4) is 0 Å². The van der Waals surface area contributed by atoms with Crippen LogP contribution >= 0.6 is 0 Å². The number of azo groups is 1. The third-order valence-electron chi connectivity index (χ3n) is 2.04. The van der Waals surface area contributed by atoms with Crippen LogP contribution in [0.5, 0.6) is 0 Å². The van der Waals surface area contributed by atoms with Gasteiger partial charge in [-0.1, -0.05) is 6.07 Å². The molecule has 0 bridgehead atoms. The van der Waals surface area contributed by atoms with Crippen molar-refractivity contribution in [3.05, 3.63) is 48.5 Å². The smallest absolute Gasteiger partial charge is 0.0877 e. The number of anilines is 2. The van der Waals surface area contributed by atoms with Crippen LogP contribution in [0.25, 0.3) is 0 Å². The van der Waals surface area contributed by atoms with Crippen molar-refractivity contribution in [2.75, 3.05) is 11.5 Å². The van der Waals surface area contributed by atoms with Gasteiger partial charge in [0.15, 0.2) is 0 Å². The van der Waals surface area contributed by atoms with E-state index in [1.165, 1.54) is 0 Å².